The first kappa shape index (κ1) is 12.2. The minimum atomic E-state index is -1.38. The number of benzene rings is 2. The van der Waals surface area contributed by atoms with Crippen LogP contribution >= 0.6 is 0 Å². The lowest BCUT2D eigenvalue weighted by Crippen LogP contribution is -2.08. The molecule has 0 amide bonds. The van der Waals surface area contributed by atoms with Crippen molar-refractivity contribution in [2.45, 2.75) is 27.1 Å². The van der Waals surface area contributed by atoms with Gasteiger partial charge in [-0.2, -0.15) is 5.10 Å². The third-order valence-electron chi connectivity index (χ3n) is 3.34. The molecule has 3 aromatic rings. The fraction of sp³-hybridized carbons (Fsp3) is 0.250. The van der Waals surface area contributed by atoms with E-state index in [9.17, 15) is 0 Å². The van der Waals surface area contributed by atoms with Crippen LogP contribution in [0.2, 0.25) is 0 Å². The molecule has 0 unspecified atom stereocenters. The van der Waals surface area contributed by atoms with Gasteiger partial charge in [-0.1, -0.05) is 63.2 Å². The molecule has 0 spiro atoms. The van der Waals surface area contributed by atoms with Crippen LogP contribution in [0.4, 0.5) is 0 Å². The van der Waals surface area contributed by atoms with E-state index >= 15 is 0 Å². The highest BCUT2D eigenvalue weighted by Crippen LogP contribution is 2.24. The van der Waals surface area contributed by atoms with Crippen molar-refractivity contribution in [1.29, 1.82) is 0 Å². The molecule has 0 radical (unpaired) electrons. The average molecular weight is 292 g/mol. The zero-order chi connectivity index (χ0) is 17.4. The monoisotopic (exact) mass is 292 g/mol. The highest BCUT2D eigenvalue weighted by molar-refractivity contribution is 5.62. The molecule has 0 aliphatic carbocycles. The van der Waals surface area contributed by atoms with Gasteiger partial charge in [0, 0.05) is 14.5 Å². The van der Waals surface area contributed by atoms with E-state index in [0.717, 1.165) is 16.8 Å². The molecule has 0 aliphatic rings. The molecule has 2 nitrogen and oxygen atoms in total. The summed E-state index contributed by atoms with van der Waals surface area (Å²) in [5.41, 5.74) is 3.32. The molecule has 1 aromatic heterocycles. The van der Waals surface area contributed by atoms with E-state index in [1.165, 1.54) is 0 Å². The fourth-order valence-electron chi connectivity index (χ4n) is 2.37. The highest BCUT2D eigenvalue weighted by atomic mass is 15.3. The maximum absolute atomic E-state index is 8.36. The zero-order valence-electron chi connectivity index (χ0n) is 15.2. The lowest BCUT2D eigenvalue weighted by atomic mass is 9.88. The Kier molecular flexibility index (Phi) is 3.22. The summed E-state index contributed by atoms with van der Waals surface area (Å²) in [4.78, 5) is 0. The molecule has 112 valence electrons. The van der Waals surface area contributed by atoms with Crippen LogP contribution in [0.1, 0.15) is 29.1 Å². The number of hydrogen-bond donors (Lipinski definition) is 0. The first-order valence-electron chi connectivity index (χ1n) is 8.50. The second-order valence-corrected chi connectivity index (χ2v) is 6.46. The molecule has 0 atom stereocenters. The van der Waals surface area contributed by atoms with Crippen molar-refractivity contribution in [3.63, 3.8) is 0 Å². The summed E-state index contributed by atoms with van der Waals surface area (Å²) < 4.78 is 18.6. The molecular weight excluding hydrogens is 268 g/mol. The Bertz CT molecular complexity index is 813. The standard InChI is InChI=1S/C20H22N2/c1-20(2,3)13-16-9-11-17(12-10-16)18-14-21-22(15-18)19-7-5-4-6-8-19/h4-12,14-15H,13H2,1-3H3/i13D2. The SMILES string of the molecule is [2H]C([2H])(c1ccc(-c2cnn(-c3ccccc3)c2)cc1)C(C)(C)C. The van der Waals surface area contributed by atoms with Crippen LogP contribution in [0.5, 0.6) is 0 Å². The molecule has 0 N–H and O–H groups in total. The number of nitrogens with zero attached hydrogens (tertiary/aromatic N) is 2. The van der Waals surface area contributed by atoms with Gasteiger partial charge in [-0.05, 0) is 35.0 Å². The topological polar surface area (TPSA) is 17.8 Å². The zero-order valence-corrected chi connectivity index (χ0v) is 13.2. The first-order chi connectivity index (χ1) is 11.3. The van der Waals surface area contributed by atoms with Crippen molar-refractivity contribution in [2.75, 3.05) is 0 Å². The van der Waals surface area contributed by atoms with E-state index < -0.39 is 11.8 Å². The summed E-state index contributed by atoms with van der Waals surface area (Å²) in [5, 5.41) is 4.42. The molecule has 0 saturated carbocycles. The van der Waals surface area contributed by atoms with Gasteiger partial charge < -0.3 is 0 Å². The molecule has 2 heteroatoms. The van der Waals surface area contributed by atoms with Gasteiger partial charge in [-0.3, -0.25) is 0 Å². The van der Waals surface area contributed by atoms with Gasteiger partial charge in [0.05, 0.1) is 11.9 Å². The van der Waals surface area contributed by atoms with Gasteiger partial charge in [0.2, 0.25) is 0 Å². The van der Waals surface area contributed by atoms with Crippen LogP contribution in [0.15, 0.2) is 67.0 Å². The van der Waals surface area contributed by atoms with Gasteiger partial charge in [0.25, 0.3) is 0 Å². The smallest absolute Gasteiger partial charge is 0.0645 e. The molecule has 3 rings (SSSR count). The van der Waals surface area contributed by atoms with Crippen molar-refractivity contribution in [2.24, 2.45) is 5.41 Å². The molecule has 0 bridgehead atoms. The van der Waals surface area contributed by atoms with Crippen LogP contribution in [0.25, 0.3) is 16.8 Å². The van der Waals surface area contributed by atoms with E-state index in [-0.39, 0.29) is 0 Å². The quantitative estimate of drug-likeness (QED) is 0.654. The van der Waals surface area contributed by atoms with Crippen LogP contribution in [0, 0.1) is 5.41 Å². The van der Waals surface area contributed by atoms with E-state index in [4.69, 9.17) is 2.74 Å². The van der Waals surface area contributed by atoms with E-state index in [1.54, 1.807) is 0 Å². The van der Waals surface area contributed by atoms with Crippen molar-refractivity contribution in [3.8, 4) is 16.8 Å². The van der Waals surface area contributed by atoms with Crippen molar-refractivity contribution >= 4 is 0 Å². The van der Waals surface area contributed by atoms with Crippen LogP contribution in [-0.2, 0) is 6.37 Å². The minimum absolute atomic E-state index is 0.452. The van der Waals surface area contributed by atoms with E-state index in [1.807, 2.05) is 92.4 Å². The number of para-hydroxylation sites is 1. The number of hydrogen-bond acceptors (Lipinski definition) is 1. The van der Waals surface area contributed by atoms with Crippen LogP contribution in [-0.4, -0.2) is 9.78 Å². The first-order valence-corrected chi connectivity index (χ1v) is 7.50. The van der Waals surface area contributed by atoms with Gasteiger partial charge in [0.1, 0.15) is 0 Å². The van der Waals surface area contributed by atoms with Gasteiger partial charge in [0.15, 0.2) is 0 Å². The molecule has 22 heavy (non-hydrogen) atoms. The minimum Gasteiger partial charge on any atom is -0.240 e. The maximum atomic E-state index is 8.36. The Morgan fingerprint density at radius 2 is 1.64 bits per heavy atom. The predicted octanol–water partition coefficient (Wildman–Crippen LogP) is 5.13. The van der Waals surface area contributed by atoms with E-state index in [0.29, 0.717) is 5.56 Å². The van der Waals surface area contributed by atoms with Crippen molar-refractivity contribution in [3.05, 3.63) is 72.6 Å². The molecule has 0 saturated heterocycles. The largest absolute Gasteiger partial charge is 0.240 e. The Morgan fingerprint density at radius 3 is 2.27 bits per heavy atom. The second kappa shape index (κ2) is 5.80. The van der Waals surface area contributed by atoms with Gasteiger partial charge in [-0.25, -0.2) is 4.68 Å². The molecular formula is C20H22N2. The predicted molar refractivity (Wildman–Crippen MR) is 92.2 cm³/mol. The summed E-state index contributed by atoms with van der Waals surface area (Å²) in [5.74, 6) is 0. The van der Waals surface area contributed by atoms with Crippen molar-refractivity contribution in [1.82, 2.24) is 9.78 Å². The Labute approximate surface area is 135 Å². The summed E-state index contributed by atoms with van der Waals surface area (Å²) >= 11 is 0. The number of aromatic nitrogens is 2. The molecule has 2 aromatic carbocycles. The molecule has 1 heterocycles. The normalized spacial score (nSPS) is 13.6. The van der Waals surface area contributed by atoms with E-state index in [2.05, 4.69) is 5.10 Å². The maximum Gasteiger partial charge on any atom is 0.0645 e. The van der Waals surface area contributed by atoms with Gasteiger partial charge in [-0.15, -0.1) is 0 Å². The van der Waals surface area contributed by atoms with Gasteiger partial charge >= 0.3 is 0 Å². The lowest BCUT2D eigenvalue weighted by Gasteiger charge is -2.18. The fourth-order valence-corrected chi connectivity index (χ4v) is 2.37. The Hall–Kier alpha value is -2.35. The third kappa shape index (κ3) is 3.45. The highest BCUT2D eigenvalue weighted by Gasteiger charge is 2.11. The lowest BCUT2D eigenvalue weighted by molar-refractivity contribution is 0.411. The summed E-state index contributed by atoms with van der Waals surface area (Å²) in [7, 11) is 0. The third-order valence-corrected chi connectivity index (χ3v) is 3.34. The molecule has 0 aliphatic heterocycles. The van der Waals surface area contributed by atoms with Crippen LogP contribution in [0.3, 0.4) is 0 Å². The second-order valence-electron chi connectivity index (χ2n) is 6.46. The molecule has 0 fully saturated rings. The summed E-state index contributed by atoms with van der Waals surface area (Å²) in [6.45, 7) is 5.76. The summed E-state index contributed by atoms with van der Waals surface area (Å²) in [6, 6.07) is 17.7. The average Bonchev–Trinajstić information content (AvgIpc) is 3.05. The van der Waals surface area contributed by atoms with Crippen molar-refractivity contribution < 1.29 is 2.74 Å². The Morgan fingerprint density at radius 1 is 0.955 bits per heavy atom. The Balaban J connectivity index is 1.89. The number of rotatable bonds is 3. The summed E-state index contributed by atoms with van der Waals surface area (Å²) in [6.07, 6.45) is 2.45. The van der Waals surface area contributed by atoms with Crippen LogP contribution < -0.4 is 0 Å².